The van der Waals surface area contributed by atoms with E-state index in [1.807, 2.05) is 30.3 Å². The number of hydrogen-bond acceptors (Lipinski definition) is 4. The van der Waals surface area contributed by atoms with Gasteiger partial charge in [-0.25, -0.2) is 4.79 Å². The third kappa shape index (κ3) is 4.31. The second-order valence-electron chi connectivity index (χ2n) is 6.29. The number of carbonyl (C=O) groups excluding carboxylic acids is 2. The first-order valence-electron chi connectivity index (χ1n) is 8.73. The average molecular weight is 369 g/mol. The third-order valence-electron chi connectivity index (χ3n) is 4.48. The molecule has 0 aliphatic carbocycles. The van der Waals surface area contributed by atoms with Crippen molar-refractivity contribution in [1.82, 2.24) is 5.32 Å². The van der Waals surface area contributed by atoms with Crippen LogP contribution < -0.4 is 25.0 Å². The molecule has 7 heteroatoms. The molecule has 1 fully saturated rings. The van der Waals surface area contributed by atoms with Crippen molar-refractivity contribution in [2.45, 2.75) is 6.42 Å². The molecule has 1 saturated heterocycles. The van der Waals surface area contributed by atoms with Crippen LogP contribution in [0.25, 0.3) is 0 Å². The minimum atomic E-state index is -0.354. The lowest BCUT2D eigenvalue weighted by Crippen LogP contribution is -2.34. The Morgan fingerprint density at radius 2 is 1.89 bits per heavy atom. The molecule has 1 atom stereocenters. The maximum absolute atomic E-state index is 12.3. The predicted molar refractivity (Wildman–Crippen MR) is 103 cm³/mol. The molecule has 1 aliphatic rings. The zero-order valence-corrected chi connectivity index (χ0v) is 15.4. The average Bonchev–Trinajstić information content (AvgIpc) is 3.07. The molecular formula is C20H23N3O4. The van der Waals surface area contributed by atoms with Crippen molar-refractivity contribution >= 4 is 23.3 Å². The Labute approximate surface area is 158 Å². The van der Waals surface area contributed by atoms with Crippen molar-refractivity contribution in [3.05, 3.63) is 48.5 Å². The number of ether oxygens (including phenoxy) is 2. The van der Waals surface area contributed by atoms with Crippen molar-refractivity contribution in [1.29, 1.82) is 0 Å². The number of methoxy groups -OCH3 is 2. The third-order valence-corrected chi connectivity index (χ3v) is 4.48. The topological polar surface area (TPSA) is 79.9 Å². The zero-order valence-electron chi connectivity index (χ0n) is 15.4. The molecule has 1 heterocycles. The van der Waals surface area contributed by atoms with Crippen LogP contribution in [0.1, 0.15) is 6.42 Å². The molecule has 3 rings (SSSR count). The van der Waals surface area contributed by atoms with Crippen LogP contribution in [0.3, 0.4) is 0 Å². The summed E-state index contributed by atoms with van der Waals surface area (Å²) in [6.07, 6.45) is 0.414. The number of para-hydroxylation sites is 2. The molecule has 3 amide bonds. The Kier molecular flexibility index (Phi) is 5.80. The lowest BCUT2D eigenvalue weighted by Gasteiger charge is -2.17. The normalized spacial score (nSPS) is 16.1. The zero-order chi connectivity index (χ0) is 19.2. The molecule has 0 unspecified atom stereocenters. The molecule has 142 valence electrons. The molecule has 2 N–H and O–H groups in total. The number of nitrogens with zero attached hydrogens (tertiary/aromatic N) is 1. The van der Waals surface area contributed by atoms with Gasteiger partial charge in [0.25, 0.3) is 0 Å². The monoisotopic (exact) mass is 369 g/mol. The van der Waals surface area contributed by atoms with E-state index in [1.165, 1.54) is 14.2 Å². The van der Waals surface area contributed by atoms with E-state index in [4.69, 9.17) is 9.47 Å². The summed E-state index contributed by atoms with van der Waals surface area (Å²) in [7, 11) is 3.06. The molecule has 0 radical (unpaired) electrons. The second-order valence-corrected chi connectivity index (χ2v) is 6.29. The Hall–Kier alpha value is -3.22. The van der Waals surface area contributed by atoms with Gasteiger partial charge in [-0.15, -0.1) is 0 Å². The van der Waals surface area contributed by atoms with Crippen LogP contribution >= 0.6 is 0 Å². The fourth-order valence-corrected chi connectivity index (χ4v) is 3.16. The lowest BCUT2D eigenvalue weighted by molar-refractivity contribution is -0.117. The number of carbonyl (C=O) groups is 2. The maximum atomic E-state index is 12.3. The highest BCUT2D eigenvalue weighted by Gasteiger charge is 2.30. The van der Waals surface area contributed by atoms with Gasteiger partial charge in [0.2, 0.25) is 5.91 Å². The van der Waals surface area contributed by atoms with E-state index in [-0.39, 0.29) is 17.9 Å². The summed E-state index contributed by atoms with van der Waals surface area (Å²) in [6, 6.07) is 14.5. The van der Waals surface area contributed by atoms with Gasteiger partial charge in [0.15, 0.2) is 11.5 Å². The standard InChI is InChI=1S/C20H23N3O4/c1-26-17-10-6-9-16(19(17)27-2)22-20(25)21-12-14-11-18(24)23(13-14)15-7-4-3-5-8-15/h3-10,14H,11-13H2,1-2H3,(H2,21,22,25)/t14-/m1/s1. The number of benzene rings is 2. The minimum absolute atomic E-state index is 0.0654. The number of nitrogens with one attached hydrogen (secondary N) is 2. The van der Waals surface area contributed by atoms with Crippen LogP contribution in [0, 0.1) is 5.92 Å². The van der Waals surface area contributed by atoms with Crippen LogP contribution in [-0.4, -0.2) is 39.2 Å². The first kappa shape index (κ1) is 18.6. The first-order chi connectivity index (χ1) is 13.1. The van der Waals surface area contributed by atoms with E-state index in [0.29, 0.717) is 36.7 Å². The largest absolute Gasteiger partial charge is 0.493 e. The Balaban J connectivity index is 1.55. The van der Waals surface area contributed by atoms with E-state index < -0.39 is 0 Å². The summed E-state index contributed by atoms with van der Waals surface area (Å²) in [4.78, 5) is 26.3. The van der Waals surface area contributed by atoms with Gasteiger partial charge in [-0.1, -0.05) is 24.3 Å². The van der Waals surface area contributed by atoms with Gasteiger partial charge in [0, 0.05) is 31.1 Å². The van der Waals surface area contributed by atoms with Crippen molar-refractivity contribution in [2.75, 3.05) is 37.5 Å². The lowest BCUT2D eigenvalue weighted by atomic mass is 10.1. The van der Waals surface area contributed by atoms with Crippen LogP contribution in [0.2, 0.25) is 0 Å². The van der Waals surface area contributed by atoms with Crippen LogP contribution in [0.5, 0.6) is 11.5 Å². The fourth-order valence-electron chi connectivity index (χ4n) is 3.16. The van der Waals surface area contributed by atoms with Crippen LogP contribution in [0.15, 0.2) is 48.5 Å². The molecule has 0 aromatic heterocycles. The molecule has 2 aromatic carbocycles. The molecule has 1 aliphatic heterocycles. The number of amides is 3. The maximum Gasteiger partial charge on any atom is 0.319 e. The number of hydrogen-bond donors (Lipinski definition) is 2. The predicted octanol–water partition coefficient (Wildman–Crippen LogP) is 2.88. The van der Waals surface area contributed by atoms with E-state index >= 15 is 0 Å². The van der Waals surface area contributed by atoms with E-state index in [2.05, 4.69) is 10.6 Å². The van der Waals surface area contributed by atoms with Gasteiger partial charge >= 0.3 is 6.03 Å². The SMILES string of the molecule is COc1cccc(NC(=O)NC[C@H]2CC(=O)N(c3ccccc3)C2)c1OC. The van der Waals surface area contributed by atoms with E-state index in [9.17, 15) is 9.59 Å². The first-order valence-corrected chi connectivity index (χ1v) is 8.73. The quantitative estimate of drug-likeness (QED) is 0.821. The van der Waals surface area contributed by atoms with Gasteiger partial charge in [-0.05, 0) is 24.3 Å². The molecule has 0 spiro atoms. The van der Waals surface area contributed by atoms with Gasteiger partial charge in [-0.3, -0.25) is 4.79 Å². The summed E-state index contributed by atoms with van der Waals surface area (Å²) in [5.41, 5.74) is 1.40. The molecule has 0 saturated carbocycles. The Bertz CT molecular complexity index is 810. The van der Waals surface area contributed by atoms with E-state index in [1.54, 1.807) is 23.1 Å². The Morgan fingerprint density at radius 1 is 1.11 bits per heavy atom. The Morgan fingerprint density at radius 3 is 2.59 bits per heavy atom. The number of urea groups is 1. The van der Waals surface area contributed by atoms with E-state index in [0.717, 1.165) is 5.69 Å². The van der Waals surface area contributed by atoms with Crippen LogP contribution in [-0.2, 0) is 4.79 Å². The van der Waals surface area contributed by atoms with Crippen molar-refractivity contribution in [3.63, 3.8) is 0 Å². The van der Waals surface area contributed by atoms with Crippen molar-refractivity contribution < 1.29 is 19.1 Å². The van der Waals surface area contributed by atoms with Gasteiger partial charge < -0.3 is 25.0 Å². The summed E-state index contributed by atoms with van der Waals surface area (Å²) in [5, 5.41) is 5.59. The molecule has 7 nitrogen and oxygen atoms in total. The number of rotatable bonds is 6. The highest BCUT2D eigenvalue weighted by molar-refractivity contribution is 5.96. The van der Waals surface area contributed by atoms with Gasteiger partial charge in [0.1, 0.15) is 0 Å². The fraction of sp³-hybridized carbons (Fsp3) is 0.300. The number of anilines is 2. The smallest absolute Gasteiger partial charge is 0.319 e. The van der Waals surface area contributed by atoms with Crippen LogP contribution in [0.4, 0.5) is 16.2 Å². The highest BCUT2D eigenvalue weighted by atomic mass is 16.5. The van der Waals surface area contributed by atoms with Crippen molar-refractivity contribution in [3.8, 4) is 11.5 Å². The minimum Gasteiger partial charge on any atom is -0.493 e. The summed E-state index contributed by atoms with van der Waals surface area (Å²) in [6.45, 7) is 0.999. The molecular weight excluding hydrogens is 346 g/mol. The molecule has 2 aromatic rings. The van der Waals surface area contributed by atoms with Gasteiger partial charge in [0.05, 0.1) is 19.9 Å². The molecule has 27 heavy (non-hydrogen) atoms. The van der Waals surface area contributed by atoms with Crippen molar-refractivity contribution in [2.24, 2.45) is 5.92 Å². The summed E-state index contributed by atoms with van der Waals surface area (Å²) < 4.78 is 10.5. The second kappa shape index (κ2) is 8.44. The molecule has 0 bridgehead atoms. The summed E-state index contributed by atoms with van der Waals surface area (Å²) >= 11 is 0. The van der Waals surface area contributed by atoms with Gasteiger partial charge in [-0.2, -0.15) is 0 Å². The summed E-state index contributed by atoms with van der Waals surface area (Å²) in [5.74, 6) is 1.13. The highest BCUT2D eigenvalue weighted by Crippen LogP contribution is 2.34.